The van der Waals surface area contributed by atoms with Gasteiger partial charge in [0.1, 0.15) is 5.82 Å². The first-order valence-electron chi connectivity index (χ1n) is 11.7. The molecule has 1 saturated heterocycles. The highest BCUT2D eigenvalue weighted by atomic mass is 19.1. The van der Waals surface area contributed by atoms with Crippen molar-refractivity contribution in [3.05, 3.63) is 65.0 Å². The van der Waals surface area contributed by atoms with Gasteiger partial charge in [-0.05, 0) is 61.1 Å². The van der Waals surface area contributed by atoms with Gasteiger partial charge in [-0.25, -0.2) is 4.39 Å². The van der Waals surface area contributed by atoms with E-state index >= 15 is 0 Å². The molecule has 174 valence electrons. The molecule has 1 aliphatic carbocycles. The Hall–Kier alpha value is -3.06. The maximum atomic E-state index is 13.3. The fraction of sp³-hybridized carbons (Fsp3) is 0.423. The molecular formula is C26H30FN3O3. The highest BCUT2D eigenvalue weighted by Crippen LogP contribution is 2.23. The van der Waals surface area contributed by atoms with E-state index in [4.69, 9.17) is 0 Å². The molecule has 0 radical (unpaired) electrons. The van der Waals surface area contributed by atoms with Crippen molar-refractivity contribution in [2.45, 2.75) is 38.5 Å². The third-order valence-corrected chi connectivity index (χ3v) is 6.44. The number of fused-ring (bicyclic) bond motifs is 1. The summed E-state index contributed by atoms with van der Waals surface area (Å²) in [6, 6.07) is 11.8. The van der Waals surface area contributed by atoms with Crippen molar-refractivity contribution >= 4 is 23.3 Å². The van der Waals surface area contributed by atoms with Gasteiger partial charge in [0.15, 0.2) is 5.78 Å². The molecule has 33 heavy (non-hydrogen) atoms. The third-order valence-electron chi connectivity index (χ3n) is 6.44. The van der Waals surface area contributed by atoms with Crippen molar-refractivity contribution in [2.75, 3.05) is 38.0 Å². The van der Waals surface area contributed by atoms with E-state index in [0.29, 0.717) is 37.4 Å². The van der Waals surface area contributed by atoms with E-state index in [-0.39, 0.29) is 37.0 Å². The van der Waals surface area contributed by atoms with Crippen LogP contribution in [0.1, 0.15) is 47.2 Å². The molecule has 0 aromatic heterocycles. The number of halogens is 1. The van der Waals surface area contributed by atoms with Crippen LogP contribution in [0.4, 0.5) is 10.1 Å². The number of amides is 2. The Bertz CT molecular complexity index is 1030. The van der Waals surface area contributed by atoms with Gasteiger partial charge < -0.3 is 10.2 Å². The lowest BCUT2D eigenvalue weighted by molar-refractivity contribution is -0.133. The quantitative estimate of drug-likeness (QED) is 0.655. The maximum Gasteiger partial charge on any atom is 0.238 e. The maximum absolute atomic E-state index is 13.3. The highest BCUT2D eigenvalue weighted by molar-refractivity contribution is 5.98. The first-order chi connectivity index (χ1) is 16.0. The SMILES string of the molecule is O=C(CN1CCN(C(=O)CCC(=O)c2ccc3c(c2)CCCC3)CC1)Nc1cccc(F)c1. The topological polar surface area (TPSA) is 69.7 Å². The number of carbonyl (C=O) groups excluding carboxylic acids is 3. The molecule has 1 aliphatic heterocycles. The number of piperazine rings is 1. The minimum atomic E-state index is -0.398. The van der Waals surface area contributed by atoms with Crippen LogP contribution in [0.3, 0.4) is 0 Å². The number of nitrogens with zero attached hydrogens (tertiary/aromatic N) is 2. The first kappa shape index (κ1) is 23.1. The lowest BCUT2D eigenvalue weighted by Gasteiger charge is -2.34. The number of ketones is 1. The molecule has 4 rings (SSSR count). The van der Waals surface area contributed by atoms with Crippen LogP contribution in [0, 0.1) is 5.82 Å². The molecule has 1 heterocycles. The lowest BCUT2D eigenvalue weighted by Crippen LogP contribution is -2.50. The van der Waals surface area contributed by atoms with E-state index in [9.17, 15) is 18.8 Å². The van der Waals surface area contributed by atoms with Gasteiger partial charge in [-0.1, -0.05) is 18.2 Å². The molecule has 7 heteroatoms. The summed E-state index contributed by atoms with van der Waals surface area (Å²) < 4.78 is 13.3. The lowest BCUT2D eigenvalue weighted by atomic mass is 9.89. The molecule has 6 nitrogen and oxygen atoms in total. The second-order valence-electron chi connectivity index (χ2n) is 8.83. The van der Waals surface area contributed by atoms with Crippen molar-refractivity contribution < 1.29 is 18.8 Å². The Kier molecular flexibility index (Phi) is 7.50. The minimum Gasteiger partial charge on any atom is -0.340 e. The van der Waals surface area contributed by atoms with Crippen molar-refractivity contribution in [3.8, 4) is 0 Å². The molecular weight excluding hydrogens is 421 g/mol. The largest absolute Gasteiger partial charge is 0.340 e. The summed E-state index contributed by atoms with van der Waals surface area (Å²) in [5.74, 6) is -0.615. The summed E-state index contributed by atoms with van der Waals surface area (Å²) >= 11 is 0. The third kappa shape index (κ3) is 6.26. The van der Waals surface area contributed by atoms with Gasteiger partial charge >= 0.3 is 0 Å². The zero-order chi connectivity index (χ0) is 23.2. The van der Waals surface area contributed by atoms with Crippen LogP contribution in [0.15, 0.2) is 42.5 Å². The van der Waals surface area contributed by atoms with Crippen LogP contribution < -0.4 is 5.32 Å². The standard InChI is InChI=1S/C26H30FN3O3/c27-22-6-3-7-23(17-22)28-25(32)18-29-12-14-30(15-13-29)26(33)11-10-24(31)21-9-8-19-4-1-2-5-20(19)16-21/h3,6-9,16-17H,1-2,4-5,10-15,18H2,(H,28,32). The number of benzene rings is 2. The van der Waals surface area contributed by atoms with Gasteiger partial charge in [0.25, 0.3) is 0 Å². The van der Waals surface area contributed by atoms with Crippen LogP contribution in [0.5, 0.6) is 0 Å². The molecule has 2 aliphatic rings. The van der Waals surface area contributed by atoms with E-state index in [1.54, 1.807) is 17.0 Å². The van der Waals surface area contributed by atoms with E-state index in [1.807, 2.05) is 17.0 Å². The highest BCUT2D eigenvalue weighted by Gasteiger charge is 2.23. The van der Waals surface area contributed by atoms with Crippen molar-refractivity contribution in [1.29, 1.82) is 0 Å². The number of carbonyl (C=O) groups is 3. The zero-order valence-electron chi connectivity index (χ0n) is 18.8. The number of anilines is 1. The number of nitrogens with one attached hydrogen (secondary N) is 1. The molecule has 2 amide bonds. The van der Waals surface area contributed by atoms with E-state index in [2.05, 4.69) is 11.4 Å². The summed E-state index contributed by atoms with van der Waals surface area (Å²) in [6.45, 7) is 2.41. The fourth-order valence-corrected chi connectivity index (χ4v) is 4.56. The molecule has 0 atom stereocenters. The van der Waals surface area contributed by atoms with Crippen LogP contribution in [-0.4, -0.2) is 60.1 Å². The summed E-state index contributed by atoms with van der Waals surface area (Å²) in [4.78, 5) is 41.2. The Balaban J connectivity index is 1.19. The number of hydrogen-bond donors (Lipinski definition) is 1. The molecule has 1 fully saturated rings. The Labute approximate surface area is 193 Å². The summed E-state index contributed by atoms with van der Waals surface area (Å²) in [7, 11) is 0. The fourth-order valence-electron chi connectivity index (χ4n) is 4.56. The smallest absolute Gasteiger partial charge is 0.238 e. The molecule has 0 unspecified atom stereocenters. The van der Waals surface area contributed by atoms with Crippen LogP contribution >= 0.6 is 0 Å². The average Bonchev–Trinajstić information content (AvgIpc) is 2.82. The minimum absolute atomic E-state index is 0.0179. The van der Waals surface area contributed by atoms with Gasteiger partial charge in [0, 0.05) is 50.3 Å². The van der Waals surface area contributed by atoms with Gasteiger partial charge in [-0.15, -0.1) is 0 Å². The predicted molar refractivity (Wildman–Crippen MR) is 125 cm³/mol. The van der Waals surface area contributed by atoms with E-state index < -0.39 is 5.82 Å². The summed E-state index contributed by atoms with van der Waals surface area (Å²) in [5, 5.41) is 2.69. The Morgan fingerprint density at radius 2 is 1.64 bits per heavy atom. The molecule has 2 aromatic carbocycles. The van der Waals surface area contributed by atoms with Gasteiger partial charge in [0.2, 0.25) is 11.8 Å². The Morgan fingerprint density at radius 3 is 2.39 bits per heavy atom. The summed E-state index contributed by atoms with van der Waals surface area (Å²) in [6.07, 6.45) is 4.91. The number of rotatable bonds is 7. The molecule has 0 saturated carbocycles. The van der Waals surface area contributed by atoms with Crippen molar-refractivity contribution in [1.82, 2.24) is 9.80 Å². The normalized spacial score (nSPS) is 16.2. The first-order valence-corrected chi connectivity index (χ1v) is 11.7. The van der Waals surface area contributed by atoms with Crippen LogP contribution in [0.2, 0.25) is 0 Å². The number of Topliss-reactive ketones (excluding diaryl/α,β-unsaturated/α-hetero) is 1. The van der Waals surface area contributed by atoms with Gasteiger partial charge in [-0.2, -0.15) is 0 Å². The molecule has 2 aromatic rings. The second-order valence-corrected chi connectivity index (χ2v) is 8.83. The van der Waals surface area contributed by atoms with Crippen LogP contribution in [-0.2, 0) is 22.4 Å². The molecule has 0 spiro atoms. The van der Waals surface area contributed by atoms with Gasteiger partial charge in [-0.3, -0.25) is 19.3 Å². The number of aryl methyl sites for hydroxylation is 2. The van der Waals surface area contributed by atoms with Crippen LogP contribution in [0.25, 0.3) is 0 Å². The second kappa shape index (κ2) is 10.7. The monoisotopic (exact) mass is 451 g/mol. The molecule has 0 bridgehead atoms. The number of hydrogen-bond acceptors (Lipinski definition) is 4. The average molecular weight is 452 g/mol. The zero-order valence-corrected chi connectivity index (χ0v) is 18.8. The van der Waals surface area contributed by atoms with Gasteiger partial charge in [0.05, 0.1) is 6.54 Å². The summed E-state index contributed by atoms with van der Waals surface area (Å²) in [5.41, 5.74) is 3.75. The Morgan fingerprint density at radius 1 is 0.879 bits per heavy atom. The van der Waals surface area contributed by atoms with Crippen molar-refractivity contribution in [3.63, 3.8) is 0 Å². The van der Waals surface area contributed by atoms with E-state index in [1.165, 1.54) is 36.1 Å². The van der Waals surface area contributed by atoms with E-state index in [0.717, 1.165) is 12.8 Å². The molecule has 1 N–H and O–H groups in total. The van der Waals surface area contributed by atoms with Crippen molar-refractivity contribution in [2.24, 2.45) is 0 Å². The predicted octanol–water partition coefficient (Wildman–Crippen LogP) is 3.45.